The van der Waals surface area contributed by atoms with E-state index in [0.717, 1.165) is 25.1 Å². The van der Waals surface area contributed by atoms with Gasteiger partial charge < -0.3 is 9.67 Å². The molecule has 1 unspecified atom stereocenters. The van der Waals surface area contributed by atoms with Crippen LogP contribution in [0.25, 0.3) is 0 Å². The lowest BCUT2D eigenvalue weighted by molar-refractivity contribution is -0.147. The van der Waals surface area contributed by atoms with Gasteiger partial charge in [0.2, 0.25) is 0 Å². The summed E-state index contributed by atoms with van der Waals surface area (Å²) in [7, 11) is 0. The molecule has 2 rings (SSSR count). The third-order valence-electron chi connectivity index (χ3n) is 3.74. The van der Waals surface area contributed by atoms with Crippen LogP contribution in [0.5, 0.6) is 0 Å². The highest BCUT2D eigenvalue weighted by Crippen LogP contribution is 2.41. The number of nitrogens with zero attached hydrogens (tertiary/aromatic N) is 2. The van der Waals surface area contributed by atoms with Gasteiger partial charge in [-0.25, -0.2) is 4.98 Å². The van der Waals surface area contributed by atoms with Crippen molar-refractivity contribution in [3.05, 3.63) is 18.2 Å². The number of carboxylic acid groups (broad SMARTS) is 1. The van der Waals surface area contributed by atoms with Crippen molar-refractivity contribution >= 4 is 5.97 Å². The molecular formula is C14H23N3O2. The fourth-order valence-electron chi connectivity index (χ4n) is 2.75. The van der Waals surface area contributed by atoms with Gasteiger partial charge in [0, 0.05) is 24.9 Å². The first-order valence-corrected chi connectivity index (χ1v) is 7.00. The third-order valence-corrected chi connectivity index (χ3v) is 3.74. The van der Waals surface area contributed by atoms with Gasteiger partial charge in [0.15, 0.2) is 0 Å². The molecule has 1 aliphatic carbocycles. The number of rotatable bonds is 7. The van der Waals surface area contributed by atoms with Gasteiger partial charge in [-0.2, -0.15) is 0 Å². The standard InChI is InChI=1S/C14H23N3O2/c1-4-12-15-7-8-17(12)9-14(13(18)19,11-5-6-11)16-10(2)3/h7-8,10-11,16H,4-6,9H2,1-3H3,(H,18,19). The second kappa shape index (κ2) is 5.33. The van der Waals surface area contributed by atoms with Gasteiger partial charge in [-0.3, -0.25) is 10.1 Å². The number of aliphatic carboxylic acids is 1. The highest BCUT2D eigenvalue weighted by Gasteiger charge is 2.51. The van der Waals surface area contributed by atoms with Gasteiger partial charge in [-0.1, -0.05) is 6.92 Å². The zero-order chi connectivity index (χ0) is 14.0. The Bertz CT molecular complexity index is 451. The fraction of sp³-hybridized carbons (Fsp3) is 0.714. The first-order valence-electron chi connectivity index (χ1n) is 7.00. The van der Waals surface area contributed by atoms with Gasteiger partial charge >= 0.3 is 5.97 Å². The number of carbonyl (C=O) groups is 1. The Hall–Kier alpha value is -1.36. The summed E-state index contributed by atoms with van der Waals surface area (Å²) < 4.78 is 1.97. The molecule has 0 radical (unpaired) electrons. The maximum absolute atomic E-state index is 11.9. The molecule has 0 aliphatic heterocycles. The molecule has 5 nitrogen and oxygen atoms in total. The molecule has 1 fully saturated rings. The molecule has 0 amide bonds. The van der Waals surface area contributed by atoms with Crippen LogP contribution in [0.3, 0.4) is 0 Å². The van der Waals surface area contributed by atoms with Crippen LogP contribution in [0.4, 0.5) is 0 Å². The number of aryl methyl sites for hydroxylation is 1. The molecule has 0 saturated heterocycles. The van der Waals surface area contributed by atoms with E-state index >= 15 is 0 Å². The second-order valence-electron chi connectivity index (χ2n) is 5.67. The van der Waals surface area contributed by atoms with Gasteiger partial charge in [0.1, 0.15) is 11.4 Å². The Morgan fingerprint density at radius 1 is 1.63 bits per heavy atom. The minimum Gasteiger partial charge on any atom is -0.480 e. The number of hydrogen-bond acceptors (Lipinski definition) is 3. The molecule has 106 valence electrons. The van der Waals surface area contributed by atoms with Crippen molar-refractivity contribution in [2.75, 3.05) is 0 Å². The molecule has 5 heteroatoms. The lowest BCUT2D eigenvalue weighted by Gasteiger charge is -2.33. The second-order valence-corrected chi connectivity index (χ2v) is 5.67. The van der Waals surface area contributed by atoms with Crippen molar-refractivity contribution < 1.29 is 9.90 Å². The average molecular weight is 265 g/mol. The fourth-order valence-corrected chi connectivity index (χ4v) is 2.75. The van der Waals surface area contributed by atoms with E-state index in [2.05, 4.69) is 10.3 Å². The predicted molar refractivity (Wildman–Crippen MR) is 73.0 cm³/mol. The summed E-state index contributed by atoms with van der Waals surface area (Å²) in [4.78, 5) is 16.1. The molecular weight excluding hydrogens is 242 g/mol. The molecule has 19 heavy (non-hydrogen) atoms. The van der Waals surface area contributed by atoms with Gasteiger partial charge in [-0.05, 0) is 32.6 Å². The van der Waals surface area contributed by atoms with Crippen LogP contribution in [0.15, 0.2) is 12.4 Å². The molecule has 0 bridgehead atoms. The van der Waals surface area contributed by atoms with Gasteiger partial charge in [0.05, 0.1) is 6.54 Å². The Balaban J connectivity index is 2.29. The normalized spacial score (nSPS) is 18.5. The van der Waals surface area contributed by atoms with Crippen molar-refractivity contribution in [1.82, 2.24) is 14.9 Å². The Morgan fingerprint density at radius 3 is 2.79 bits per heavy atom. The number of aromatic nitrogens is 2. The maximum Gasteiger partial charge on any atom is 0.326 e. The lowest BCUT2D eigenvalue weighted by atomic mass is 9.91. The summed E-state index contributed by atoms with van der Waals surface area (Å²) in [6, 6.07) is 0.144. The minimum absolute atomic E-state index is 0.144. The lowest BCUT2D eigenvalue weighted by Crippen LogP contribution is -2.59. The molecule has 1 heterocycles. The van der Waals surface area contributed by atoms with Crippen LogP contribution < -0.4 is 5.32 Å². The van der Waals surface area contributed by atoms with E-state index in [0.29, 0.717) is 6.54 Å². The number of imidazole rings is 1. The third kappa shape index (κ3) is 2.81. The minimum atomic E-state index is -0.862. The monoisotopic (exact) mass is 265 g/mol. The number of carboxylic acids is 1. The van der Waals surface area contributed by atoms with Crippen LogP contribution in [0.1, 0.15) is 39.4 Å². The van der Waals surface area contributed by atoms with E-state index in [1.54, 1.807) is 6.20 Å². The summed E-state index contributed by atoms with van der Waals surface area (Å²) in [6.07, 6.45) is 6.41. The number of nitrogens with one attached hydrogen (secondary N) is 1. The zero-order valence-corrected chi connectivity index (χ0v) is 11.9. The smallest absolute Gasteiger partial charge is 0.326 e. The van der Waals surface area contributed by atoms with Crippen LogP contribution >= 0.6 is 0 Å². The Kier molecular flexibility index (Phi) is 3.94. The summed E-state index contributed by atoms with van der Waals surface area (Å²) in [6.45, 7) is 6.48. The van der Waals surface area contributed by atoms with Crippen molar-refractivity contribution in [3.63, 3.8) is 0 Å². The summed E-state index contributed by atoms with van der Waals surface area (Å²) >= 11 is 0. The van der Waals surface area contributed by atoms with E-state index < -0.39 is 11.5 Å². The van der Waals surface area contributed by atoms with Gasteiger partial charge in [-0.15, -0.1) is 0 Å². The van der Waals surface area contributed by atoms with Crippen molar-refractivity contribution in [3.8, 4) is 0 Å². The quantitative estimate of drug-likeness (QED) is 0.787. The predicted octanol–water partition coefficient (Wildman–Crippen LogP) is 1.68. The van der Waals surface area contributed by atoms with Gasteiger partial charge in [0.25, 0.3) is 0 Å². The largest absolute Gasteiger partial charge is 0.480 e. The molecule has 1 atom stereocenters. The van der Waals surface area contributed by atoms with E-state index in [1.807, 2.05) is 31.5 Å². The summed E-state index contributed by atoms with van der Waals surface area (Å²) in [5, 5.41) is 13.0. The molecule has 0 spiro atoms. The van der Waals surface area contributed by atoms with Crippen molar-refractivity contribution in [2.45, 2.75) is 58.2 Å². The van der Waals surface area contributed by atoms with E-state index in [1.165, 1.54) is 0 Å². The van der Waals surface area contributed by atoms with Crippen LogP contribution in [-0.2, 0) is 17.8 Å². The van der Waals surface area contributed by atoms with Crippen LogP contribution in [0, 0.1) is 5.92 Å². The van der Waals surface area contributed by atoms with Crippen LogP contribution in [-0.4, -0.2) is 32.2 Å². The molecule has 0 aromatic carbocycles. The summed E-state index contributed by atoms with van der Waals surface area (Å²) in [5.41, 5.74) is -0.862. The highest BCUT2D eigenvalue weighted by atomic mass is 16.4. The van der Waals surface area contributed by atoms with Crippen LogP contribution in [0.2, 0.25) is 0 Å². The first kappa shape index (κ1) is 14.1. The molecule has 2 N–H and O–H groups in total. The zero-order valence-electron chi connectivity index (χ0n) is 11.9. The molecule has 1 saturated carbocycles. The molecule has 1 aliphatic rings. The number of hydrogen-bond donors (Lipinski definition) is 2. The van der Waals surface area contributed by atoms with Crippen molar-refractivity contribution in [2.24, 2.45) is 5.92 Å². The van der Waals surface area contributed by atoms with E-state index in [9.17, 15) is 9.90 Å². The Morgan fingerprint density at radius 2 is 2.32 bits per heavy atom. The summed E-state index contributed by atoms with van der Waals surface area (Å²) in [5.74, 6) is 0.413. The SMILES string of the molecule is CCc1nccn1CC(NC(C)C)(C(=O)O)C1CC1. The highest BCUT2D eigenvalue weighted by molar-refractivity contribution is 5.80. The van der Waals surface area contributed by atoms with E-state index in [4.69, 9.17) is 0 Å². The Labute approximate surface area is 114 Å². The first-order chi connectivity index (χ1) is 8.99. The molecule has 1 aromatic rings. The topological polar surface area (TPSA) is 67.2 Å². The average Bonchev–Trinajstić information content (AvgIpc) is 3.09. The van der Waals surface area contributed by atoms with Crippen molar-refractivity contribution in [1.29, 1.82) is 0 Å². The van der Waals surface area contributed by atoms with E-state index in [-0.39, 0.29) is 12.0 Å². The maximum atomic E-state index is 11.9. The molecule has 1 aromatic heterocycles.